The van der Waals surface area contributed by atoms with Gasteiger partial charge in [0, 0.05) is 37.8 Å². The average Bonchev–Trinajstić information content (AvgIpc) is 3.22. The van der Waals surface area contributed by atoms with Crippen molar-refractivity contribution < 1.29 is 0 Å². The summed E-state index contributed by atoms with van der Waals surface area (Å²) >= 11 is 6.50. The lowest BCUT2D eigenvalue weighted by atomic mass is 9.96. The molecule has 160 valence electrons. The van der Waals surface area contributed by atoms with E-state index in [1.165, 1.54) is 21.5 Å². The lowest BCUT2D eigenvalue weighted by molar-refractivity contribution is 1.18. The van der Waals surface area contributed by atoms with E-state index in [4.69, 9.17) is 16.6 Å². The standard InChI is InChI=1S/C31H19ClN2/c32-21-15-16-25-28(19-21)34(22-11-5-2-6-12-22)27-18-17-24-23-13-7-8-14-26(23)33-31(30(24)29(25)27)20-9-3-1-4-10-20/h1-19H. The number of hydrogen-bond donors (Lipinski definition) is 0. The van der Waals surface area contributed by atoms with Gasteiger partial charge in [0.05, 0.1) is 22.2 Å². The summed E-state index contributed by atoms with van der Waals surface area (Å²) in [6, 6.07) is 40.0. The van der Waals surface area contributed by atoms with E-state index >= 15 is 0 Å². The summed E-state index contributed by atoms with van der Waals surface area (Å²) in [4.78, 5) is 5.19. The summed E-state index contributed by atoms with van der Waals surface area (Å²) in [6.45, 7) is 0. The Morgan fingerprint density at radius 3 is 2.09 bits per heavy atom. The molecule has 2 nitrogen and oxygen atoms in total. The van der Waals surface area contributed by atoms with Crippen molar-refractivity contribution in [2.24, 2.45) is 0 Å². The van der Waals surface area contributed by atoms with Crippen molar-refractivity contribution in [2.75, 3.05) is 0 Å². The van der Waals surface area contributed by atoms with Crippen molar-refractivity contribution in [3.05, 3.63) is 120 Å². The summed E-state index contributed by atoms with van der Waals surface area (Å²) in [6.07, 6.45) is 0. The van der Waals surface area contributed by atoms with E-state index < -0.39 is 0 Å². The molecule has 0 aliphatic carbocycles. The molecule has 0 aliphatic rings. The minimum Gasteiger partial charge on any atom is -0.309 e. The fourth-order valence-corrected chi connectivity index (χ4v) is 5.35. The van der Waals surface area contributed by atoms with E-state index in [0.717, 1.165) is 43.9 Å². The highest BCUT2D eigenvalue weighted by Gasteiger charge is 2.19. The molecule has 0 amide bonds. The normalized spacial score (nSPS) is 11.7. The van der Waals surface area contributed by atoms with Crippen LogP contribution in [-0.4, -0.2) is 9.55 Å². The predicted molar refractivity (Wildman–Crippen MR) is 144 cm³/mol. The van der Waals surface area contributed by atoms with Crippen LogP contribution in [0.2, 0.25) is 5.02 Å². The van der Waals surface area contributed by atoms with Gasteiger partial charge in [-0.3, -0.25) is 0 Å². The smallest absolute Gasteiger partial charge is 0.0795 e. The SMILES string of the molecule is Clc1ccc2c3c4c(-c5ccccc5)nc5ccccc5c4ccc3n(-c3ccccc3)c2c1. The molecule has 0 unspecified atom stereocenters. The second kappa shape index (κ2) is 7.44. The fourth-order valence-electron chi connectivity index (χ4n) is 5.19. The van der Waals surface area contributed by atoms with E-state index in [2.05, 4.69) is 102 Å². The number of para-hydroxylation sites is 2. The summed E-state index contributed by atoms with van der Waals surface area (Å²) < 4.78 is 2.31. The monoisotopic (exact) mass is 454 g/mol. The van der Waals surface area contributed by atoms with Crippen molar-refractivity contribution in [2.45, 2.75) is 0 Å². The second-order valence-corrected chi connectivity index (χ2v) is 8.99. The predicted octanol–water partition coefficient (Wildman–Crippen LogP) is 8.81. The number of rotatable bonds is 2. The molecule has 0 saturated carbocycles. The molecule has 0 spiro atoms. The van der Waals surface area contributed by atoms with E-state index in [1.54, 1.807) is 0 Å². The first-order valence-corrected chi connectivity index (χ1v) is 11.7. The molecule has 0 atom stereocenters. The largest absolute Gasteiger partial charge is 0.309 e. The zero-order chi connectivity index (χ0) is 22.6. The van der Waals surface area contributed by atoms with E-state index in [1.807, 2.05) is 18.2 Å². The summed E-state index contributed by atoms with van der Waals surface area (Å²) in [7, 11) is 0. The molecule has 7 rings (SSSR count). The summed E-state index contributed by atoms with van der Waals surface area (Å²) in [5.74, 6) is 0. The van der Waals surface area contributed by atoms with E-state index in [9.17, 15) is 0 Å². The van der Waals surface area contributed by atoms with Crippen LogP contribution in [0.25, 0.3) is 60.4 Å². The van der Waals surface area contributed by atoms with E-state index in [0.29, 0.717) is 0 Å². The van der Waals surface area contributed by atoms with Crippen molar-refractivity contribution in [1.29, 1.82) is 0 Å². The number of hydrogen-bond acceptors (Lipinski definition) is 1. The van der Waals surface area contributed by atoms with Crippen molar-refractivity contribution in [3.63, 3.8) is 0 Å². The van der Waals surface area contributed by atoms with Crippen molar-refractivity contribution >= 4 is 55.1 Å². The number of benzene rings is 5. The Kier molecular flexibility index (Phi) is 4.23. The van der Waals surface area contributed by atoms with Crippen LogP contribution in [0.1, 0.15) is 0 Å². The zero-order valence-corrected chi connectivity index (χ0v) is 19.0. The highest BCUT2D eigenvalue weighted by molar-refractivity contribution is 6.33. The zero-order valence-electron chi connectivity index (χ0n) is 18.2. The molecule has 5 aromatic carbocycles. The van der Waals surface area contributed by atoms with Crippen LogP contribution in [0, 0.1) is 0 Å². The molecular formula is C31H19ClN2. The van der Waals surface area contributed by atoms with Crippen LogP contribution < -0.4 is 0 Å². The Morgan fingerprint density at radius 1 is 0.559 bits per heavy atom. The lowest BCUT2D eigenvalue weighted by Crippen LogP contribution is -1.94. The van der Waals surface area contributed by atoms with Gasteiger partial charge in [-0.25, -0.2) is 4.98 Å². The lowest BCUT2D eigenvalue weighted by Gasteiger charge is -2.12. The first-order chi connectivity index (χ1) is 16.8. The van der Waals surface area contributed by atoms with Gasteiger partial charge in [-0.15, -0.1) is 0 Å². The quantitative estimate of drug-likeness (QED) is 0.238. The molecule has 0 aliphatic heterocycles. The molecule has 34 heavy (non-hydrogen) atoms. The maximum absolute atomic E-state index is 6.50. The van der Waals surface area contributed by atoms with Gasteiger partial charge in [0.2, 0.25) is 0 Å². The summed E-state index contributed by atoms with van der Waals surface area (Å²) in [5.41, 5.74) is 6.46. The first-order valence-electron chi connectivity index (χ1n) is 11.4. The van der Waals surface area contributed by atoms with Crippen LogP contribution in [-0.2, 0) is 0 Å². The minimum atomic E-state index is 0.726. The fraction of sp³-hybridized carbons (Fsp3) is 0. The Morgan fingerprint density at radius 2 is 1.26 bits per heavy atom. The number of nitrogens with zero attached hydrogens (tertiary/aromatic N) is 2. The van der Waals surface area contributed by atoms with Crippen molar-refractivity contribution in [3.8, 4) is 16.9 Å². The highest BCUT2D eigenvalue weighted by atomic mass is 35.5. The van der Waals surface area contributed by atoms with Crippen LogP contribution >= 0.6 is 11.6 Å². The molecule has 2 aromatic heterocycles. The maximum Gasteiger partial charge on any atom is 0.0795 e. The van der Waals surface area contributed by atoms with Crippen LogP contribution in [0.4, 0.5) is 0 Å². The number of halogens is 1. The third-order valence-corrected chi connectivity index (χ3v) is 6.85. The van der Waals surface area contributed by atoms with Gasteiger partial charge < -0.3 is 4.57 Å². The Labute approximate surface area is 201 Å². The van der Waals surface area contributed by atoms with Gasteiger partial charge in [0.1, 0.15) is 0 Å². The van der Waals surface area contributed by atoms with Gasteiger partial charge in [-0.1, -0.05) is 90.5 Å². The van der Waals surface area contributed by atoms with Gasteiger partial charge in [0.15, 0.2) is 0 Å². The van der Waals surface area contributed by atoms with Gasteiger partial charge in [0.25, 0.3) is 0 Å². The van der Waals surface area contributed by atoms with Gasteiger partial charge in [-0.2, -0.15) is 0 Å². The Bertz CT molecular complexity index is 1850. The third kappa shape index (κ3) is 2.79. The van der Waals surface area contributed by atoms with Gasteiger partial charge in [-0.05, 0) is 41.8 Å². The number of aromatic nitrogens is 2. The molecular weight excluding hydrogens is 436 g/mol. The summed E-state index contributed by atoms with van der Waals surface area (Å²) in [5, 5.41) is 6.63. The van der Waals surface area contributed by atoms with Crippen molar-refractivity contribution in [1.82, 2.24) is 9.55 Å². The number of fused-ring (bicyclic) bond motifs is 7. The van der Waals surface area contributed by atoms with Crippen LogP contribution in [0.3, 0.4) is 0 Å². The molecule has 0 N–H and O–H groups in total. The minimum absolute atomic E-state index is 0.726. The third-order valence-electron chi connectivity index (χ3n) is 6.62. The highest BCUT2D eigenvalue weighted by Crippen LogP contribution is 2.42. The van der Waals surface area contributed by atoms with Crippen LogP contribution in [0.5, 0.6) is 0 Å². The molecule has 2 heterocycles. The number of pyridine rings is 1. The topological polar surface area (TPSA) is 17.8 Å². The molecule has 0 fully saturated rings. The second-order valence-electron chi connectivity index (χ2n) is 8.56. The Hall–Kier alpha value is -4.14. The maximum atomic E-state index is 6.50. The average molecular weight is 455 g/mol. The van der Waals surface area contributed by atoms with Gasteiger partial charge >= 0.3 is 0 Å². The molecule has 0 radical (unpaired) electrons. The molecule has 0 bridgehead atoms. The first kappa shape index (κ1) is 19.3. The van der Waals surface area contributed by atoms with E-state index in [-0.39, 0.29) is 0 Å². The molecule has 7 aromatic rings. The Balaban J connectivity index is 1.77. The van der Waals surface area contributed by atoms with Crippen LogP contribution in [0.15, 0.2) is 115 Å². The molecule has 0 saturated heterocycles. The molecule has 3 heteroatoms.